The van der Waals surface area contributed by atoms with Crippen LogP contribution in [0.25, 0.3) is 34.0 Å². The van der Waals surface area contributed by atoms with E-state index in [9.17, 15) is 0 Å². The smallest absolute Gasteiger partial charge is 0.188 e. The SMILES string of the molecule is CCOc1ccnc(-c2csc(Nc3cc(C)cc(-c4cnc(Nc5nc(-c6cc(Cl)ccn6)cs5)cc4C)n3)n2)c1. The molecule has 9 nitrogen and oxygen atoms in total. The number of nitrogens with zero attached hydrogens (tertiary/aromatic N) is 6. The van der Waals surface area contributed by atoms with Gasteiger partial charge in [-0.25, -0.2) is 19.9 Å². The number of pyridine rings is 4. The highest BCUT2D eigenvalue weighted by Gasteiger charge is 2.13. The molecule has 12 heteroatoms. The number of hydrogen-bond donors (Lipinski definition) is 2. The molecule has 6 aromatic rings. The molecule has 0 amide bonds. The van der Waals surface area contributed by atoms with E-state index in [1.165, 1.54) is 22.7 Å². The van der Waals surface area contributed by atoms with E-state index in [2.05, 4.69) is 30.6 Å². The van der Waals surface area contributed by atoms with Crippen molar-refractivity contribution < 1.29 is 4.74 Å². The van der Waals surface area contributed by atoms with Gasteiger partial charge in [-0.1, -0.05) is 11.6 Å². The lowest BCUT2D eigenvalue weighted by molar-refractivity contribution is 0.340. The minimum Gasteiger partial charge on any atom is -0.494 e. The monoisotopic (exact) mass is 612 g/mol. The molecule has 2 N–H and O–H groups in total. The third-order valence-electron chi connectivity index (χ3n) is 6.12. The number of ether oxygens (including phenoxy) is 1. The summed E-state index contributed by atoms with van der Waals surface area (Å²) in [6, 6.07) is 13.3. The second-order valence-electron chi connectivity index (χ2n) is 9.29. The normalized spacial score (nSPS) is 11.0. The quantitative estimate of drug-likeness (QED) is 0.166. The van der Waals surface area contributed by atoms with Gasteiger partial charge in [-0.2, -0.15) is 0 Å². The molecular formula is C30H25ClN8OS2. The minimum atomic E-state index is 0.596. The van der Waals surface area contributed by atoms with Crippen molar-refractivity contribution in [2.45, 2.75) is 20.8 Å². The molecule has 0 aliphatic rings. The fourth-order valence-corrected chi connectivity index (χ4v) is 5.81. The summed E-state index contributed by atoms with van der Waals surface area (Å²) >= 11 is 9.08. The van der Waals surface area contributed by atoms with E-state index in [0.29, 0.717) is 28.4 Å². The van der Waals surface area contributed by atoms with Gasteiger partial charge >= 0.3 is 0 Å². The molecule has 0 aromatic carbocycles. The van der Waals surface area contributed by atoms with E-state index in [1.807, 2.05) is 68.1 Å². The van der Waals surface area contributed by atoms with E-state index < -0.39 is 0 Å². The average Bonchev–Trinajstić information content (AvgIpc) is 3.63. The number of rotatable bonds is 9. The van der Waals surface area contributed by atoms with Crippen LogP contribution >= 0.6 is 34.3 Å². The number of thiazole rings is 2. The lowest BCUT2D eigenvalue weighted by Crippen LogP contribution is -1.99. The highest BCUT2D eigenvalue weighted by atomic mass is 35.5. The topological polar surface area (TPSA) is 111 Å². The molecular weight excluding hydrogens is 588 g/mol. The van der Waals surface area contributed by atoms with Gasteiger partial charge in [-0.3, -0.25) is 9.97 Å². The fourth-order valence-electron chi connectivity index (χ4n) is 4.23. The van der Waals surface area contributed by atoms with Gasteiger partial charge in [0.2, 0.25) is 0 Å². The predicted molar refractivity (Wildman–Crippen MR) is 170 cm³/mol. The van der Waals surface area contributed by atoms with Crippen molar-refractivity contribution in [2.24, 2.45) is 0 Å². The average molecular weight is 613 g/mol. The second-order valence-corrected chi connectivity index (χ2v) is 11.4. The lowest BCUT2D eigenvalue weighted by Gasteiger charge is -2.11. The molecule has 0 saturated carbocycles. The number of anilines is 4. The Hall–Kier alpha value is -4.45. The number of aromatic nitrogens is 6. The van der Waals surface area contributed by atoms with Crippen LogP contribution in [0, 0.1) is 13.8 Å². The highest BCUT2D eigenvalue weighted by Crippen LogP contribution is 2.31. The fraction of sp³-hybridized carbons (Fsp3) is 0.133. The summed E-state index contributed by atoms with van der Waals surface area (Å²) < 4.78 is 5.60. The van der Waals surface area contributed by atoms with Crippen molar-refractivity contribution in [3.05, 3.63) is 88.0 Å². The first-order chi connectivity index (χ1) is 20.4. The van der Waals surface area contributed by atoms with Gasteiger partial charge in [0.15, 0.2) is 10.3 Å². The van der Waals surface area contributed by atoms with Gasteiger partial charge in [-0.05, 0) is 68.3 Å². The number of aryl methyl sites for hydroxylation is 2. The Morgan fingerprint density at radius 2 is 1.43 bits per heavy atom. The van der Waals surface area contributed by atoms with Crippen LogP contribution in [0.5, 0.6) is 5.75 Å². The summed E-state index contributed by atoms with van der Waals surface area (Å²) in [7, 11) is 0. The highest BCUT2D eigenvalue weighted by molar-refractivity contribution is 7.14. The van der Waals surface area contributed by atoms with Crippen LogP contribution in [0.3, 0.4) is 0 Å². The third-order valence-corrected chi connectivity index (χ3v) is 7.87. The first kappa shape index (κ1) is 27.7. The summed E-state index contributed by atoms with van der Waals surface area (Å²) in [5, 5.41) is 12.6. The molecule has 0 atom stereocenters. The van der Waals surface area contributed by atoms with Crippen LogP contribution in [-0.4, -0.2) is 36.5 Å². The molecule has 0 radical (unpaired) electrons. The summed E-state index contributed by atoms with van der Waals surface area (Å²) in [5.74, 6) is 2.17. The molecule has 6 aromatic heterocycles. The lowest BCUT2D eigenvalue weighted by atomic mass is 10.1. The van der Waals surface area contributed by atoms with Gasteiger partial charge in [0.25, 0.3) is 0 Å². The van der Waals surface area contributed by atoms with Crippen molar-refractivity contribution in [2.75, 3.05) is 17.2 Å². The standard InChI is InChI=1S/C30H25ClN8OS2/c1-4-40-20-6-8-33-24(13-20)26-16-42-30(37-26)39-28-10-17(2)9-22(35-28)21-14-34-27(11-18(21)3)38-29-36-25(15-41-29)23-12-19(31)5-7-32-23/h5-16H,4H2,1-3H3,(H,34,36,38)(H,35,37,39). The van der Waals surface area contributed by atoms with E-state index in [-0.39, 0.29) is 0 Å². The first-order valence-corrected chi connectivity index (χ1v) is 15.2. The molecule has 6 rings (SSSR count). The van der Waals surface area contributed by atoms with Crippen molar-refractivity contribution in [3.8, 4) is 39.8 Å². The molecule has 210 valence electrons. The van der Waals surface area contributed by atoms with Crippen LogP contribution in [0.15, 0.2) is 71.8 Å². The van der Waals surface area contributed by atoms with Crippen LogP contribution in [0.2, 0.25) is 5.02 Å². The molecule has 0 saturated heterocycles. The van der Waals surface area contributed by atoms with E-state index in [1.54, 1.807) is 24.5 Å². The van der Waals surface area contributed by atoms with Crippen LogP contribution in [-0.2, 0) is 0 Å². The molecule has 0 aliphatic heterocycles. The van der Waals surface area contributed by atoms with E-state index in [4.69, 9.17) is 26.3 Å². The van der Waals surface area contributed by atoms with Crippen molar-refractivity contribution >= 4 is 56.2 Å². The third kappa shape index (κ3) is 6.38. The summed E-state index contributed by atoms with van der Waals surface area (Å²) in [6.45, 7) is 6.63. The summed E-state index contributed by atoms with van der Waals surface area (Å²) in [4.78, 5) is 27.6. The second kappa shape index (κ2) is 12.2. The van der Waals surface area contributed by atoms with Gasteiger partial charge < -0.3 is 15.4 Å². The van der Waals surface area contributed by atoms with Gasteiger partial charge in [-0.15, -0.1) is 22.7 Å². The molecule has 0 fully saturated rings. The number of hydrogen-bond acceptors (Lipinski definition) is 11. The maximum Gasteiger partial charge on any atom is 0.188 e. The summed E-state index contributed by atoms with van der Waals surface area (Å²) in [6.07, 6.45) is 5.23. The zero-order chi connectivity index (χ0) is 29.1. The predicted octanol–water partition coefficient (Wildman–Crippen LogP) is 8.34. The Bertz CT molecular complexity index is 1870. The molecule has 0 aliphatic carbocycles. The largest absolute Gasteiger partial charge is 0.494 e. The zero-order valence-electron chi connectivity index (χ0n) is 22.9. The Morgan fingerprint density at radius 1 is 0.738 bits per heavy atom. The first-order valence-electron chi connectivity index (χ1n) is 13.1. The number of nitrogens with one attached hydrogen (secondary N) is 2. The summed E-state index contributed by atoms with van der Waals surface area (Å²) in [5.41, 5.74) is 6.86. The maximum atomic E-state index is 6.10. The van der Waals surface area contributed by atoms with E-state index in [0.717, 1.165) is 56.0 Å². The van der Waals surface area contributed by atoms with Gasteiger partial charge in [0.1, 0.15) is 28.8 Å². The van der Waals surface area contributed by atoms with Crippen LogP contribution in [0.4, 0.5) is 21.9 Å². The van der Waals surface area contributed by atoms with Crippen molar-refractivity contribution in [3.63, 3.8) is 0 Å². The maximum absolute atomic E-state index is 6.10. The molecule has 0 bridgehead atoms. The molecule has 0 unspecified atom stereocenters. The number of halogens is 1. The van der Waals surface area contributed by atoms with Crippen LogP contribution < -0.4 is 15.4 Å². The van der Waals surface area contributed by atoms with E-state index >= 15 is 0 Å². The Labute approximate surface area is 255 Å². The molecule has 0 spiro atoms. The molecule has 6 heterocycles. The van der Waals surface area contributed by atoms with Gasteiger partial charge in [0, 0.05) is 46.0 Å². The Kier molecular flexibility index (Phi) is 8.04. The Morgan fingerprint density at radius 3 is 2.12 bits per heavy atom. The Balaban J connectivity index is 1.18. The zero-order valence-corrected chi connectivity index (χ0v) is 25.3. The molecule has 42 heavy (non-hydrogen) atoms. The minimum absolute atomic E-state index is 0.596. The van der Waals surface area contributed by atoms with Crippen LogP contribution in [0.1, 0.15) is 18.1 Å². The van der Waals surface area contributed by atoms with Gasteiger partial charge in [0.05, 0.1) is 23.7 Å². The van der Waals surface area contributed by atoms with Crippen molar-refractivity contribution in [1.29, 1.82) is 0 Å². The van der Waals surface area contributed by atoms with Crippen molar-refractivity contribution in [1.82, 2.24) is 29.9 Å².